The largest absolute Gasteiger partial charge is 0.497 e. The monoisotopic (exact) mass is 443 g/mol. The number of hydrogen-bond acceptors (Lipinski definition) is 8. The van der Waals surface area contributed by atoms with Gasteiger partial charge in [0.05, 0.1) is 30.6 Å². The zero-order valence-corrected chi connectivity index (χ0v) is 18.0. The maximum Gasteiger partial charge on any atom is 0.269 e. The number of non-ortho nitro benzene ring substituents is 1. The van der Waals surface area contributed by atoms with E-state index in [4.69, 9.17) is 9.47 Å². The maximum absolute atomic E-state index is 12.4. The van der Waals surface area contributed by atoms with Crippen LogP contribution in [-0.2, 0) is 11.3 Å². The molecule has 11 heteroatoms. The Hall–Kier alpha value is -3.60. The lowest BCUT2D eigenvalue weighted by atomic mass is 10.2. The van der Waals surface area contributed by atoms with Crippen molar-refractivity contribution in [3.05, 3.63) is 52.6 Å². The smallest absolute Gasteiger partial charge is 0.269 e. The lowest BCUT2D eigenvalue weighted by molar-refractivity contribution is -0.384. The summed E-state index contributed by atoms with van der Waals surface area (Å²) in [5.41, 5.74) is 1.25. The first-order chi connectivity index (χ1) is 15.0. The lowest BCUT2D eigenvalue weighted by Crippen LogP contribution is -2.15. The molecule has 0 atom stereocenters. The van der Waals surface area contributed by atoms with E-state index in [1.165, 1.54) is 31.0 Å². The van der Waals surface area contributed by atoms with E-state index in [2.05, 4.69) is 15.5 Å². The van der Waals surface area contributed by atoms with Gasteiger partial charge in [0.15, 0.2) is 11.0 Å². The number of hydrogen-bond donors (Lipinski definition) is 1. The SMILES string of the molecule is CCn1c(SCC(=O)Nc2ccc(OC)cc2OC)nnc1-c1ccc([N+](=O)[O-])cc1. The van der Waals surface area contributed by atoms with Crippen molar-refractivity contribution in [3.63, 3.8) is 0 Å². The number of amides is 1. The van der Waals surface area contributed by atoms with Gasteiger partial charge in [-0.15, -0.1) is 10.2 Å². The van der Waals surface area contributed by atoms with Gasteiger partial charge in [-0.25, -0.2) is 0 Å². The molecule has 3 aromatic rings. The molecule has 0 spiro atoms. The number of nitrogens with one attached hydrogen (secondary N) is 1. The average Bonchev–Trinajstić information content (AvgIpc) is 3.20. The van der Waals surface area contributed by atoms with Gasteiger partial charge in [0.2, 0.25) is 5.91 Å². The van der Waals surface area contributed by atoms with E-state index in [1.807, 2.05) is 11.5 Å². The van der Waals surface area contributed by atoms with Crippen LogP contribution in [0.1, 0.15) is 6.92 Å². The van der Waals surface area contributed by atoms with Crippen LogP contribution in [0.15, 0.2) is 47.6 Å². The molecule has 0 saturated carbocycles. The first-order valence-corrected chi connectivity index (χ1v) is 10.3. The number of nitro benzene ring substituents is 1. The summed E-state index contributed by atoms with van der Waals surface area (Å²) < 4.78 is 12.3. The van der Waals surface area contributed by atoms with Gasteiger partial charge >= 0.3 is 0 Å². The minimum atomic E-state index is -0.452. The number of carbonyl (C=O) groups is 1. The summed E-state index contributed by atoms with van der Waals surface area (Å²) in [5, 5.41) is 22.6. The molecule has 162 valence electrons. The molecule has 0 unspecified atom stereocenters. The molecule has 2 aromatic carbocycles. The summed E-state index contributed by atoms with van der Waals surface area (Å²) >= 11 is 1.25. The standard InChI is InChI=1S/C20H21N5O5S/c1-4-24-19(13-5-7-14(8-6-13)25(27)28)22-23-20(24)31-12-18(26)21-16-10-9-15(29-2)11-17(16)30-3/h5-11H,4,12H2,1-3H3,(H,21,26). The molecule has 0 aliphatic carbocycles. The van der Waals surface area contributed by atoms with Gasteiger partial charge < -0.3 is 19.4 Å². The van der Waals surface area contributed by atoms with Crippen LogP contribution >= 0.6 is 11.8 Å². The summed E-state index contributed by atoms with van der Waals surface area (Å²) in [6.45, 7) is 2.51. The van der Waals surface area contributed by atoms with Crippen LogP contribution in [0.2, 0.25) is 0 Å². The van der Waals surface area contributed by atoms with E-state index in [-0.39, 0.29) is 17.3 Å². The van der Waals surface area contributed by atoms with Gasteiger partial charge in [0, 0.05) is 30.3 Å². The van der Waals surface area contributed by atoms with Crippen molar-refractivity contribution in [3.8, 4) is 22.9 Å². The van der Waals surface area contributed by atoms with Gasteiger partial charge in [0.25, 0.3) is 5.69 Å². The molecule has 0 aliphatic heterocycles. The highest BCUT2D eigenvalue weighted by Crippen LogP contribution is 2.30. The molecule has 0 radical (unpaired) electrons. The molecule has 1 amide bonds. The highest BCUT2D eigenvalue weighted by Gasteiger charge is 2.16. The van der Waals surface area contributed by atoms with Crippen molar-refractivity contribution in [2.24, 2.45) is 0 Å². The Morgan fingerprint density at radius 2 is 1.90 bits per heavy atom. The van der Waals surface area contributed by atoms with Crippen LogP contribution in [-0.4, -0.2) is 45.6 Å². The number of anilines is 1. The molecule has 0 saturated heterocycles. The van der Waals surface area contributed by atoms with Gasteiger partial charge in [-0.1, -0.05) is 11.8 Å². The lowest BCUT2D eigenvalue weighted by Gasteiger charge is -2.11. The third kappa shape index (κ3) is 5.12. The molecule has 3 rings (SSSR count). The normalized spacial score (nSPS) is 10.5. The Morgan fingerprint density at radius 1 is 1.16 bits per heavy atom. The Morgan fingerprint density at radius 3 is 2.52 bits per heavy atom. The molecule has 0 bridgehead atoms. The highest BCUT2D eigenvalue weighted by molar-refractivity contribution is 7.99. The van der Waals surface area contributed by atoms with Gasteiger partial charge in [-0.2, -0.15) is 0 Å². The number of nitrogens with zero attached hydrogens (tertiary/aromatic N) is 4. The molecule has 10 nitrogen and oxygen atoms in total. The van der Waals surface area contributed by atoms with Crippen molar-refractivity contribution < 1.29 is 19.2 Å². The third-order valence-corrected chi connectivity index (χ3v) is 5.35. The maximum atomic E-state index is 12.4. The Balaban J connectivity index is 1.69. The number of benzene rings is 2. The topological polar surface area (TPSA) is 121 Å². The van der Waals surface area contributed by atoms with Crippen molar-refractivity contribution in [1.82, 2.24) is 14.8 Å². The number of nitro groups is 1. The number of aromatic nitrogens is 3. The summed E-state index contributed by atoms with van der Waals surface area (Å²) in [6, 6.07) is 11.2. The van der Waals surface area contributed by atoms with Gasteiger partial charge in [-0.05, 0) is 31.2 Å². The van der Waals surface area contributed by atoms with Gasteiger partial charge in [-0.3, -0.25) is 14.9 Å². The molecule has 0 fully saturated rings. The molecule has 31 heavy (non-hydrogen) atoms. The second-order valence-corrected chi connectivity index (χ2v) is 7.20. The number of ether oxygens (including phenoxy) is 2. The van der Waals surface area contributed by atoms with Crippen LogP contribution in [0, 0.1) is 10.1 Å². The summed E-state index contributed by atoms with van der Waals surface area (Å²) in [5.74, 6) is 1.59. The van der Waals surface area contributed by atoms with Gasteiger partial charge in [0.1, 0.15) is 11.5 Å². The van der Waals surface area contributed by atoms with E-state index in [0.717, 1.165) is 0 Å². The third-order valence-electron chi connectivity index (χ3n) is 4.38. The fourth-order valence-electron chi connectivity index (χ4n) is 2.84. The highest BCUT2D eigenvalue weighted by atomic mass is 32.2. The Bertz CT molecular complexity index is 1080. The minimum Gasteiger partial charge on any atom is -0.497 e. The Kier molecular flexibility index (Phi) is 7.08. The van der Waals surface area contributed by atoms with E-state index >= 15 is 0 Å². The van der Waals surface area contributed by atoms with E-state index in [9.17, 15) is 14.9 Å². The molecule has 1 aromatic heterocycles. The number of carbonyl (C=O) groups excluding carboxylic acids is 1. The van der Waals surface area contributed by atoms with E-state index in [0.29, 0.717) is 40.3 Å². The Labute approximate surface area is 182 Å². The van der Waals surface area contributed by atoms with Crippen molar-refractivity contribution >= 4 is 29.0 Å². The summed E-state index contributed by atoms with van der Waals surface area (Å²) in [7, 11) is 3.07. The van der Waals surface area contributed by atoms with Crippen LogP contribution in [0.5, 0.6) is 11.5 Å². The average molecular weight is 443 g/mol. The number of thioether (sulfide) groups is 1. The number of methoxy groups -OCH3 is 2. The first-order valence-electron chi connectivity index (χ1n) is 9.29. The van der Waals surface area contributed by atoms with Crippen LogP contribution < -0.4 is 14.8 Å². The quantitative estimate of drug-likeness (QED) is 0.302. The van der Waals surface area contributed by atoms with Crippen LogP contribution in [0.4, 0.5) is 11.4 Å². The predicted molar refractivity (Wildman–Crippen MR) is 117 cm³/mol. The second-order valence-electron chi connectivity index (χ2n) is 6.26. The summed E-state index contributed by atoms with van der Waals surface area (Å²) in [4.78, 5) is 22.8. The molecule has 1 heterocycles. The molecule has 0 aliphatic rings. The van der Waals surface area contributed by atoms with Crippen molar-refractivity contribution in [2.75, 3.05) is 25.3 Å². The second kappa shape index (κ2) is 9.94. The molecular weight excluding hydrogens is 422 g/mol. The van der Waals surface area contributed by atoms with Crippen LogP contribution in [0.3, 0.4) is 0 Å². The van der Waals surface area contributed by atoms with E-state index < -0.39 is 4.92 Å². The van der Waals surface area contributed by atoms with Crippen molar-refractivity contribution in [1.29, 1.82) is 0 Å². The van der Waals surface area contributed by atoms with E-state index in [1.54, 1.807) is 37.4 Å². The minimum absolute atomic E-state index is 0.00606. The fraction of sp³-hybridized carbons (Fsp3) is 0.250. The number of rotatable bonds is 9. The van der Waals surface area contributed by atoms with Crippen LogP contribution in [0.25, 0.3) is 11.4 Å². The molecule has 1 N–H and O–H groups in total. The molecular formula is C20H21N5O5S. The first kappa shape index (κ1) is 22.1. The zero-order valence-electron chi connectivity index (χ0n) is 17.2. The predicted octanol–water partition coefficient (Wildman–Crippen LogP) is 3.62. The summed E-state index contributed by atoms with van der Waals surface area (Å²) in [6.07, 6.45) is 0. The fourth-order valence-corrected chi connectivity index (χ4v) is 3.65. The zero-order chi connectivity index (χ0) is 22.4. The van der Waals surface area contributed by atoms with Crippen molar-refractivity contribution in [2.45, 2.75) is 18.6 Å².